The molecule has 0 fully saturated rings. The fourth-order valence-electron chi connectivity index (χ4n) is 3.17. The number of H-pyrrole nitrogens is 1. The van der Waals surface area contributed by atoms with Crippen LogP contribution in [0.5, 0.6) is 5.75 Å². The molecule has 0 aliphatic rings. The first-order valence-electron chi connectivity index (χ1n) is 9.76. The predicted octanol–water partition coefficient (Wildman–Crippen LogP) is 3.07. The van der Waals surface area contributed by atoms with Gasteiger partial charge in [0, 0.05) is 12.5 Å². The van der Waals surface area contributed by atoms with Gasteiger partial charge in [-0.25, -0.2) is 18.1 Å². The molecule has 7 nitrogen and oxygen atoms in total. The van der Waals surface area contributed by atoms with Crippen molar-refractivity contribution >= 4 is 10.0 Å². The van der Waals surface area contributed by atoms with E-state index in [4.69, 9.17) is 10.5 Å². The molecular weight excluding hydrogens is 445 g/mol. The van der Waals surface area contributed by atoms with Crippen molar-refractivity contribution in [3.63, 3.8) is 0 Å². The minimum atomic E-state index is -4.40. The van der Waals surface area contributed by atoms with Gasteiger partial charge < -0.3 is 15.5 Å². The maximum Gasteiger partial charge on any atom is 0.416 e. The standard InChI is InChI=1S/C21H23F3N4O3S/c22-21(23,24)18-5-1-3-15(10-18)9-17(12-25)16-4-2-6-19(11-16)31-8-7-28-32(29,30)20-13-26-14-27-20/h1-6,10-11,13-14,17,28H,7-9,12,25H2,(H,26,27). The third-order valence-corrected chi connectivity index (χ3v) is 6.16. The molecule has 4 N–H and O–H groups in total. The van der Waals surface area contributed by atoms with Gasteiger partial charge in [-0.2, -0.15) is 13.2 Å². The molecule has 0 radical (unpaired) electrons. The lowest BCUT2D eigenvalue weighted by atomic mass is 9.91. The molecule has 0 aliphatic carbocycles. The Labute approximate surface area is 183 Å². The molecule has 0 amide bonds. The number of sulfonamides is 1. The van der Waals surface area contributed by atoms with E-state index >= 15 is 0 Å². The van der Waals surface area contributed by atoms with Gasteiger partial charge in [-0.3, -0.25) is 0 Å². The Morgan fingerprint density at radius 3 is 2.62 bits per heavy atom. The van der Waals surface area contributed by atoms with Gasteiger partial charge in [0.2, 0.25) is 0 Å². The Hall–Kier alpha value is -2.89. The first-order valence-corrected chi connectivity index (χ1v) is 11.2. The van der Waals surface area contributed by atoms with Crippen molar-refractivity contribution < 1.29 is 26.3 Å². The average Bonchev–Trinajstić information content (AvgIpc) is 3.31. The number of rotatable bonds is 10. The van der Waals surface area contributed by atoms with Gasteiger partial charge in [-0.05, 0) is 42.3 Å². The van der Waals surface area contributed by atoms with Crippen LogP contribution in [0.4, 0.5) is 13.2 Å². The summed E-state index contributed by atoms with van der Waals surface area (Å²) in [5, 5.41) is -0.0418. The number of nitrogens with zero attached hydrogens (tertiary/aromatic N) is 1. The number of aromatic nitrogens is 2. The quantitative estimate of drug-likeness (QED) is 0.396. The summed E-state index contributed by atoms with van der Waals surface area (Å²) in [7, 11) is -3.69. The third kappa shape index (κ3) is 6.31. The van der Waals surface area contributed by atoms with E-state index in [-0.39, 0.29) is 30.6 Å². The molecule has 1 aromatic heterocycles. The van der Waals surface area contributed by atoms with E-state index in [9.17, 15) is 21.6 Å². The molecule has 0 bridgehead atoms. The first-order chi connectivity index (χ1) is 15.2. The number of nitrogens with two attached hydrogens (primary N) is 1. The lowest BCUT2D eigenvalue weighted by Crippen LogP contribution is -2.28. The zero-order chi connectivity index (χ0) is 23.2. The van der Waals surface area contributed by atoms with Crippen molar-refractivity contribution in [1.82, 2.24) is 14.7 Å². The molecule has 0 saturated heterocycles. The smallest absolute Gasteiger partial charge is 0.416 e. The number of nitrogens with one attached hydrogen (secondary N) is 2. The van der Waals surface area contributed by atoms with Crippen LogP contribution < -0.4 is 15.2 Å². The number of hydrogen-bond acceptors (Lipinski definition) is 5. The Bertz CT molecular complexity index is 1120. The zero-order valence-corrected chi connectivity index (χ0v) is 17.8. The van der Waals surface area contributed by atoms with Crippen LogP contribution in [0, 0.1) is 0 Å². The number of ether oxygens (including phenoxy) is 1. The molecule has 1 unspecified atom stereocenters. The van der Waals surface area contributed by atoms with E-state index in [2.05, 4.69) is 14.7 Å². The summed E-state index contributed by atoms with van der Waals surface area (Å²) >= 11 is 0. The van der Waals surface area contributed by atoms with E-state index in [1.165, 1.54) is 18.6 Å². The second-order valence-corrected chi connectivity index (χ2v) is 8.80. The van der Waals surface area contributed by atoms with Gasteiger partial charge in [0.1, 0.15) is 12.4 Å². The Kier molecular flexibility index (Phi) is 7.54. The van der Waals surface area contributed by atoms with Gasteiger partial charge in [0.05, 0.1) is 18.1 Å². The second-order valence-electron chi connectivity index (χ2n) is 7.07. The van der Waals surface area contributed by atoms with E-state index < -0.39 is 21.8 Å². The maximum atomic E-state index is 13.0. The molecule has 3 aromatic rings. The highest BCUT2D eigenvalue weighted by Crippen LogP contribution is 2.31. The number of aromatic amines is 1. The lowest BCUT2D eigenvalue weighted by Gasteiger charge is -2.17. The van der Waals surface area contributed by atoms with Gasteiger partial charge in [0.15, 0.2) is 5.03 Å². The van der Waals surface area contributed by atoms with Crippen molar-refractivity contribution in [2.75, 3.05) is 19.7 Å². The predicted molar refractivity (Wildman–Crippen MR) is 113 cm³/mol. The first kappa shape index (κ1) is 23.8. The van der Waals surface area contributed by atoms with Crippen molar-refractivity contribution in [3.8, 4) is 5.75 Å². The van der Waals surface area contributed by atoms with Gasteiger partial charge >= 0.3 is 6.18 Å². The average molecular weight is 469 g/mol. The molecule has 11 heteroatoms. The number of benzene rings is 2. The highest BCUT2D eigenvalue weighted by atomic mass is 32.2. The summed E-state index contributed by atoms with van der Waals surface area (Å²) in [5.41, 5.74) is 6.56. The molecule has 0 saturated carbocycles. The van der Waals surface area contributed by atoms with Crippen LogP contribution in [0.25, 0.3) is 0 Å². The zero-order valence-electron chi connectivity index (χ0n) is 17.0. The van der Waals surface area contributed by atoms with Crippen LogP contribution in [0.2, 0.25) is 0 Å². The van der Waals surface area contributed by atoms with E-state index in [0.717, 1.165) is 17.7 Å². The number of alkyl halides is 3. The summed E-state index contributed by atoms with van der Waals surface area (Å²) in [6, 6.07) is 12.3. The molecule has 0 spiro atoms. The third-order valence-electron chi connectivity index (χ3n) is 4.78. The summed E-state index contributed by atoms with van der Waals surface area (Å²) in [6.07, 6.45) is -1.59. The normalized spacial score (nSPS) is 13.1. The van der Waals surface area contributed by atoms with Gasteiger partial charge in [0.25, 0.3) is 10.0 Å². The Balaban J connectivity index is 1.60. The van der Waals surface area contributed by atoms with Crippen LogP contribution in [0.1, 0.15) is 22.6 Å². The van der Waals surface area contributed by atoms with E-state index in [1.807, 2.05) is 6.07 Å². The van der Waals surface area contributed by atoms with Crippen LogP contribution in [0.15, 0.2) is 66.1 Å². The summed E-state index contributed by atoms with van der Waals surface area (Å²) in [6.45, 7) is 0.359. The van der Waals surface area contributed by atoms with E-state index in [1.54, 1.807) is 24.3 Å². The van der Waals surface area contributed by atoms with Crippen molar-refractivity contribution in [1.29, 1.82) is 0 Å². The lowest BCUT2D eigenvalue weighted by molar-refractivity contribution is -0.137. The number of halogens is 3. The fourth-order valence-corrected chi connectivity index (χ4v) is 4.08. The van der Waals surface area contributed by atoms with Crippen molar-refractivity contribution in [2.24, 2.45) is 5.73 Å². The molecule has 1 atom stereocenters. The Morgan fingerprint density at radius 1 is 1.16 bits per heavy atom. The minimum absolute atomic E-state index is 0.0378. The van der Waals surface area contributed by atoms with Crippen LogP contribution >= 0.6 is 0 Å². The molecular formula is C21H23F3N4O3S. The maximum absolute atomic E-state index is 13.0. The summed E-state index contributed by atoms with van der Waals surface area (Å²) in [5.74, 6) is 0.298. The van der Waals surface area contributed by atoms with Crippen LogP contribution in [-0.4, -0.2) is 38.1 Å². The number of hydrogen-bond donors (Lipinski definition) is 3. The molecule has 1 heterocycles. The molecule has 32 heavy (non-hydrogen) atoms. The van der Waals surface area contributed by atoms with Crippen molar-refractivity contribution in [3.05, 3.63) is 77.7 Å². The largest absolute Gasteiger partial charge is 0.492 e. The number of imidazole rings is 1. The van der Waals surface area contributed by atoms with Crippen LogP contribution in [-0.2, 0) is 22.6 Å². The fraction of sp³-hybridized carbons (Fsp3) is 0.286. The van der Waals surface area contributed by atoms with Gasteiger partial charge in [-0.1, -0.05) is 30.3 Å². The minimum Gasteiger partial charge on any atom is -0.492 e. The van der Waals surface area contributed by atoms with Gasteiger partial charge in [-0.15, -0.1) is 0 Å². The van der Waals surface area contributed by atoms with Crippen molar-refractivity contribution in [2.45, 2.75) is 23.5 Å². The van der Waals surface area contributed by atoms with Crippen LogP contribution in [0.3, 0.4) is 0 Å². The van der Waals surface area contributed by atoms with E-state index in [0.29, 0.717) is 17.7 Å². The monoisotopic (exact) mass is 468 g/mol. The topological polar surface area (TPSA) is 110 Å². The summed E-state index contributed by atoms with van der Waals surface area (Å²) in [4.78, 5) is 6.19. The summed E-state index contributed by atoms with van der Waals surface area (Å²) < 4.78 is 71.0. The Morgan fingerprint density at radius 2 is 1.94 bits per heavy atom. The SMILES string of the molecule is NCC(Cc1cccc(C(F)(F)F)c1)c1cccc(OCCNS(=O)(=O)c2cnc[nH]2)c1. The molecule has 3 rings (SSSR count). The molecule has 172 valence electrons. The second kappa shape index (κ2) is 10.2. The highest BCUT2D eigenvalue weighted by Gasteiger charge is 2.30. The molecule has 2 aromatic carbocycles. The molecule has 0 aliphatic heterocycles. The highest BCUT2D eigenvalue weighted by molar-refractivity contribution is 7.89.